The largest absolute Gasteiger partial charge is 0.502 e. The average molecular weight is 416 g/mol. The van der Waals surface area contributed by atoms with Crippen molar-refractivity contribution in [2.75, 3.05) is 41.7 Å². The lowest BCUT2D eigenvalue weighted by Gasteiger charge is -2.39. The monoisotopic (exact) mass is 416 g/mol. The molecule has 160 valence electrons. The molecule has 2 aromatic carbocycles. The van der Waals surface area contributed by atoms with E-state index in [9.17, 15) is 10.2 Å². The van der Waals surface area contributed by atoms with Crippen LogP contribution in [0, 0.1) is 11.8 Å². The first-order chi connectivity index (χ1) is 14.5. The third-order valence-corrected chi connectivity index (χ3v) is 6.65. The van der Waals surface area contributed by atoms with E-state index < -0.39 is 5.60 Å². The Morgan fingerprint density at radius 3 is 2.10 bits per heavy atom. The standard InChI is InChI=1S/C22H24O8/c1-25-14-5-10(6-15(26-2)18(14)23)22-13-9-29-20(12(13)8-30-22)11-7-16(27-3)19(24)21(28-4)17(11)22/h5-7,12-13,20,23-24H,8-9H2,1-4H3. The molecule has 0 amide bonds. The van der Waals surface area contributed by atoms with Crippen LogP contribution in [0.25, 0.3) is 0 Å². The summed E-state index contributed by atoms with van der Waals surface area (Å²) in [7, 11) is 5.97. The fraction of sp³-hybridized carbons (Fsp3) is 0.455. The number of methoxy groups -OCH3 is 4. The van der Waals surface area contributed by atoms with Crippen molar-refractivity contribution in [1.82, 2.24) is 0 Å². The summed E-state index contributed by atoms with van der Waals surface area (Å²) >= 11 is 0. The van der Waals surface area contributed by atoms with Gasteiger partial charge in [0, 0.05) is 17.4 Å². The average Bonchev–Trinajstić information content (AvgIpc) is 3.27. The van der Waals surface area contributed by atoms with Crippen LogP contribution in [0.5, 0.6) is 34.5 Å². The van der Waals surface area contributed by atoms with Gasteiger partial charge in [-0.1, -0.05) is 0 Å². The summed E-state index contributed by atoms with van der Waals surface area (Å²) < 4.78 is 34.5. The number of hydrogen-bond acceptors (Lipinski definition) is 8. The summed E-state index contributed by atoms with van der Waals surface area (Å²) in [4.78, 5) is 0. The van der Waals surface area contributed by atoms with Crippen molar-refractivity contribution in [3.05, 3.63) is 34.9 Å². The number of hydrogen-bond donors (Lipinski definition) is 2. The third kappa shape index (κ3) is 2.18. The van der Waals surface area contributed by atoms with Crippen LogP contribution < -0.4 is 18.9 Å². The van der Waals surface area contributed by atoms with Crippen LogP contribution in [-0.4, -0.2) is 51.9 Å². The van der Waals surface area contributed by atoms with Gasteiger partial charge in [0.2, 0.25) is 11.5 Å². The number of phenols is 2. The molecule has 5 rings (SSSR count). The van der Waals surface area contributed by atoms with Gasteiger partial charge in [0.25, 0.3) is 0 Å². The Morgan fingerprint density at radius 2 is 1.50 bits per heavy atom. The van der Waals surface area contributed by atoms with Crippen LogP contribution in [0.4, 0.5) is 0 Å². The van der Waals surface area contributed by atoms with Gasteiger partial charge in [0.15, 0.2) is 23.0 Å². The number of ether oxygens (including phenoxy) is 6. The summed E-state index contributed by atoms with van der Waals surface area (Å²) in [5.74, 6) is 1.10. The zero-order chi connectivity index (χ0) is 21.2. The zero-order valence-electron chi connectivity index (χ0n) is 17.2. The molecular weight excluding hydrogens is 392 g/mol. The Bertz CT molecular complexity index is 994. The van der Waals surface area contributed by atoms with E-state index in [1.807, 2.05) is 0 Å². The summed E-state index contributed by atoms with van der Waals surface area (Å²) in [5.41, 5.74) is 1.34. The smallest absolute Gasteiger partial charge is 0.201 e. The number of aromatic hydroxyl groups is 2. The van der Waals surface area contributed by atoms with E-state index in [2.05, 4.69) is 0 Å². The predicted octanol–water partition coefficient (Wildman–Crippen LogP) is 2.72. The van der Waals surface area contributed by atoms with Crippen molar-refractivity contribution in [3.63, 3.8) is 0 Å². The molecule has 0 radical (unpaired) electrons. The zero-order valence-corrected chi connectivity index (χ0v) is 17.2. The molecule has 2 saturated heterocycles. The second-order valence-corrected chi connectivity index (χ2v) is 7.73. The molecule has 8 heteroatoms. The molecule has 2 fully saturated rings. The van der Waals surface area contributed by atoms with Crippen molar-refractivity contribution >= 4 is 0 Å². The molecule has 0 saturated carbocycles. The van der Waals surface area contributed by atoms with Crippen LogP contribution in [-0.2, 0) is 15.1 Å². The van der Waals surface area contributed by atoms with Gasteiger partial charge in [0.05, 0.1) is 47.8 Å². The van der Waals surface area contributed by atoms with Gasteiger partial charge in [-0.25, -0.2) is 0 Å². The topological polar surface area (TPSA) is 95.8 Å². The molecule has 2 heterocycles. The van der Waals surface area contributed by atoms with Gasteiger partial charge in [-0.3, -0.25) is 0 Å². The maximum atomic E-state index is 10.8. The molecule has 4 unspecified atom stereocenters. The first-order valence-corrected chi connectivity index (χ1v) is 9.71. The Labute approximate surface area is 173 Å². The van der Waals surface area contributed by atoms with Gasteiger partial charge < -0.3 is 38.6 Å². The van der Waals surface area contributed by atoms with E-state index in [-0.39, 0.29) is 46.7 Å². The SMILES string of the molecule is COc1cc(C23OCC4C(OCC42)c2cc(OC)c(O)c(OC)c23)cc(OC)c1O. The molecule has 0 spiro atoms. The van der Waals surface area contributed by atoms with Crippen molar-refractivity contribution in [3.8, 4) is 34.5 Å². The number of benzene rings is 2. The fourth-order valence-electron chi connectivity index (χ4n) is 5.36. The highest BCUT2D eigenvalue weighted by atomic mass is 16.5. The van der Waals surface area contributed by atoms with E-state index in [1.165, 1.54) is 28.4 Å². The summed E-state index contributed by atoms with van der Waals surface area (Å²) in [5, 5.41) is 21.3. The maximum Gasteiger partial charge on any atom is 0.201 e. The van der Waals surface area contributed by atoms with Crippen molar-refractivity contribution < 1.29 is 38.6 Å². The van der Waals surface area contributed by atoms with Crippen molar-refractivity contribution in [1.29, 1.82) is 0 Å². The molecule has 4 bridgehead atoms. The van der Waals surface area contributed by atoms with E-state index in [1.54, 1.807) is 18.2 Å². The number of rotatable bonds is 5. The number of phenolic OH excluding ortho intramolecular Hbond substituents is 2. The van der Waals surface area contributed by atoms with E-state index in [0.717, 1.165) is 11.1 Å². The van der Waals surface area contributed by atoms with Crippen LogP contribution in [0.3, 0.4) is 0 Å². The summed E-state index contributed by atoms with van der Waals surface area (Å²) in [6.45, 7) is 0.976. The first-order valence-electron chi connectivity index (χ1n) is 9.71. The molecule has 2 aliphatic heterocycles. The van der Waals surface area contributed by atoms with Crippen molar-refractivity contribution in [2.24, 2.45) is 11.8 Å². The second-order valence-electron chi connectivity index (χ2n) is 7.73. The second kappa shape index (κ2) is 6.58. The molecule has 2 aromatic rings. The molecule has 3 aliphatic rings. The predicted molar refractivity (Wildman–Crippen MR) is 105 cm³/mol. The third-order valence-electron chi connectivity index (χ3n) is 6.65. The van der Waals surface area contributed by atoms with Gasteiger partial charge in [-0.15, -0.1) is 0 Å². The van der Waals surface area contributed by atoms with Gasteiger partial charge >= 0.3 is 0 Å². The van der Waals surface area contributed by atoms with Crippen LogP contribution in [0.1, 0.15) is 22.8 Å². The lowest BCUT2D eigenvalue weighted by molar-refractivity contribution is -0.0142. The normalized spacial score (nSPS) is 28.2. The highest BCUT2D eigenvalue weighted by Gasteiger charge is 2.64. The van der Waals surface area contributed by atoms with E-state index >= 15 is 0 Å². The molecule has 0 aromatic heterocycles. The van der Waals surface area contributed by atoms with Gasteiger partial charge in [-0.2, -0.15) is 0 Å². The lowest BCUT2D eigenvalue weighted by Crippen LogP contribution is -2.39. The minimum atomic E-state index is -0.962. The summed E-state index contributed by atoms with van der Waals surface area (Å²) in [6, 6.07) is 5.28. The highest BCUT2D eigenvalue weighted by molar-refractivity contribution is 5.66. The molecule has 1 aliphatic carbocycles. The van der Waals surface area contributed by atoms with E-state index in [4.69, 9.17) is 28.4 Å². The highest BCUT2D eigenvalue weighted by Crippen LogP contribution is 2.66. The Balaban J connectivity index is 1.86. The molecule has 4 atom stereocenters. The lowest BCUT2D eigenvalue weighted by atomic mass is 9.65. The number of fused-ring (bicyclic) bond motifs is 3. The van der Waals surface area contributed by atoms with E-state index in [0.29, 0.717) is 24.5 Å². The minimum Gasteiger partial charge on any atom is -0.502 e. The maximum absolute atomic E-state index is 10.8. The van der Waals surface area contributed by atoms with Crippen molar-refractivity contribution in [2.45, 2.75) is 11.7 Å². The molecule has 8 nitrogen and oxygen atoms in total. The van der Waals surface area contributed by atoms with Gasteiger partial charge in [-0.05, 0) is 29.3 Å². The van der Waals surface area contributed by atoms with Gasteiger partial charge in [0.1, 0.15) is 5.60 Å². The fourth-order valence-corrected chi connectivity index (χ4v) is 5.36. The molecular formula is C22H24O8. The molecule has 2 N–H and O–H groups in total. The van der Waals surface area contributed by atoms with Crippen LogP contribution in [0.15, 0.2) is 18.2 Å². The minimum absolute atomic E-state index is 0.00403. The Kier molecular flexibility index (Phi) is 4.20. The summed E-state index contributed by atoms with van der Waals surface area (Å²) in [6.07, 6.45) is -0.176. The molecule has 30 heavy (non-hydrogen) atoms. The first kappa shape index (κ1) is 19.1. The Morgan fingerprint density at radius 1 is 0.867 bits per heavy atom. The van der Waals surface area contributed by atoms with Crippen LogP contribution in [0.2, 0.25) is 0 Å². The quantitative estimate of drug-likeness (QED) is 0.768. The Hall–Kier alpha value is -2.84. The van der Waals surface area contributed by atoms with Crippen LogP contribution >= 0.6 is 0 Å².